The van der Waals surface area contributed by atoms with Crippen LogP contribution in [0.15, 0.2) is 30.3 Å². The topological polar surface area (TPSA) is 36.0 Å². The largest absolute Gasteiger partial charge is 0.507 e. The van der Waals surface area contributed by atoms with E-state index in [0.717, 1.165) is 38.3 Å². The lowest BCUT2D eigenvalue weighted by molar-refractivity contribution is 0.467. The Morgan fingerprint density at radius 1 is 1.05 bits per heavy atom. The van der Waals surface area contributed by atoms with Gasteiger partial charge in [0, 0.05) is 11.1 Å². The summed E-state index contributed by atoms with van der Waals surface area (Å²) >= 11 is 6.25. The van der Waals surface area contributed by atoms with E-state index in [1.165, 1.54) is 5.56 Å². The Hall–Kier alpha value is -1.93. The molecule has 20 heavy (non-hydrogen) atoms. The lowest BCUT2D eigenvalue weighted by Crippen LogP contribution is -1.86. The molecular weight excluding hydrogens is 270 g/mol. The normalized spacial score (nSPS) is 11.2. The van der Waals surface area contributed by atoms with E-state index in [0.29, 0.717) is 5.75 Å². The van der Waals surface area contributed by atoms with Crippen LogP contribution in [0.2, 0.25) is 5.02 Å². The van der Waals surface area contributed by atoms with Gasteiger partial charge in [0.25, 0.3) is 0 Å². The van der Waals surface area contributed by atoms with Gasteiger partial charge in [-0.05, 0) is 61.2 Å². The van der Waals surface area contributed by atoms with Crippen LogP contribution in [0.5, 0.6) is 5.75 Å². The second-order valence-corrected chi connectivity index (χ2v) is 5.65. The average Bonchev–Trinajstić information content (AvgIpc) is 2.75. The van der Waals surface area contributed by atoms with E-state index in [2.05, 4.69) is 18.0 Å². The van der Waals surface area contributed by atoms with Gasteiger partial charge in [0.1, 0.15) is 5.75 Å². The van der Waals surface area contributed by atoms with E-state index in [1.807, 2.05) is 38.1 Å². The summed E-state index contributed by atoms with van der Waals surface area (Å²) in [7, 11) is 0. The van der Waals surface area contributed by atoms with Crippen molar-refractivity contribution in [1.29, 1.82) is 0 Å². The summed E-state index contributed by atoms with van der Waals surface area (Å²) in [6.07, 6.45) is 0. The Morgan fingerprint density at radius 3 is 2.30 bits per heavy atom. The van der Waals surface area contributed by atoms with Crippen molar-refractivity contribution in [3.63, 3.8) is 0 Å². The van der Waals surface area contributed by atoms with Crippen LogP contribution >= 0.6 is 11.6 Å². The minimum atomic E-state index is 0.362. The van der Waals surface area contributed by atoms with Gasteiger partial charge < -0.3 is 10.1 Å². The van der Waals surface area contributed by atoms with E-state index in [1.54, 1.807) is 0 Å². The summed E-state index contributed by atoms with van der Waals surface area (Å²) < 4.78 is 0. The van der Waals surface area contributed by atoms with Crippen molar-refractivity contribution in [2.45, 2.75) is 20.8 Å². The quantitative estimate of drug-likeness (QED) is 0.639. The van der Waals surface area contributed by atoms with Gasteiger partial charge in [-0.15, -0.1) is 0 Å². The van der Waals surface area contributed by atoms with Crippen LogP contribution in [0.25, 0.3) is 22.2 Å². The second kappa shape index (κ2) is 4.57. The number of para-hydroxylation sites is 1. The maximum atomic E-state index is 9.90. The zero-order valence-corrected chi connectivity index (χ0v) is 12.5. The molecule has 0 aliphatic rings. The summed E-state index contributed by atoms with van der Waals surface area (Å²) in [4.78, 5) is 3.41. The molecule has 0 fully saturated rings. The third-order valence-corrected chi connectivity index (χ3v) is 4.14. The van der Waals surface area contributed by atoms with Gasteiger partial charge >= 0.3 is 0 Å². The number of fused-ring (bicyclic) bond motifs is 1. The minimum Gasteiger partial charge on any atom is -0.507 e. The molecule has 0 saturated heterocycles. The summed E-state index contributed by atoms with van der Waals surface area (Å²) in [5.74, 6) is 0.362. The number of phenols is 1. The molecule has 3 rings (SSSR count). The minimum absolute atomic E-state index is 0.362. The van der Waals surface area contributed by atoms with Crippen molar-refractivity contribution >= 4 is 22.5 Å². The molecule has 0 saturated carbocycles. The Kier molecular flexibility index (Phi) is 2.98. The zero-order chi connectivity index (χ0) is 14.4. The average molecular weight is 286 g/mol. The van der Waals surface area contributed by atoms with Gasteiger partial charge in [0.2, 0.25) is 0 Å². The van der Waals surface area contributed by atoms with Gasteiger partial charge in [-0.25, -0.2) is 0 Å². The van der Waals surface area contributed by atoms with E-state index in [-0.39, 0.29) is 0 Å². The highest BCUT2D eigenvalue weighted by Gasteiger charge is 2.13. The third kappa shape index (κ3) is 1.88. The fourth-order valence-corrected chi connectivity index (χ4v) is 2.93. The molecule has 1 heterocycles. The fraction of sp³-hybridized carbons (Fsp3) is 0.176. The molecule has 2 aromatic carbocycles. The highest BCUT2D eigenvalue weighted by atomic mass is 35.5. The maximum absolute atomic E-state index is 9.90. The molecule has 0 spiro atoms. The van der Waals surface area contributed by atoms with Crippen LogP contribution in [0.3, 0.4) is 0 Å². The number of rotatable bonds is 1. The van der Waals surface area contributed by atoms with Gasteiger partial charge in [-0.3, -0.25) is 0 Å². The van der Waals surface area contributed by atoms with E-state index < -0.39 is 0 Å². The third-order valence-electron chi connectivity index (χ3n) is 3.82. The molecule has 0 radical (unpaired) electrons. The molecule has 0 amide bonds. The van der Waals surface area contributed by atoms with Crippen molar-refractivity contribution in [3.8, 4) is 17.0 Å². The molecule has 102 valence electrons. The second-order valence-electron chi connectivity index (χ2n) is 5.25. The predicted molar refractivity (Wildman–Crippen MR) is 84.6 cm³/mol. The van der Waals surface area contributed by atoms with E-state index in [9.17, 15) is 5.11 Å². The van der Waals surface area contributed by atoms with E-state index >= 15 is 0 Å². The number of halogens is 1. The van der Waals surface area contributed by atoms with Crippen LogP contribution in [0.4, 0.5) is 0 Å². The Labute approximate surface area is 123 Å². The summed E-state index contributed by atoms with van der Waals surface area (Å²) in [5.41, 5.74) is 6.02. The first kappa shape index (κ1) is 13.1. The highest BCUT2D eigenvalue weighted by molar-refractivity contribution is 6.35. The number of aryl methyl sites for hydroxylation is 3. The van der Waals surface area contributed by atoms with Gasteiger partial charge in [0.05, 0.1) is 10.5 Å². The number of benzene rings is 2. The molecular formula is C17H16ClNO. The van der Waals surface area contributed by atoms with Crippen LogP contribution in [0, 0.1) is 20.8 Å². The van der Waals surface area contributed by atoms with Crippen molar-refractivity contribution < 1.29 is 5.11 Å². The van der Waals surface area contributed by atoms with E-state index in [4.69, 9.17) is 11.6 Å². The molecule has 2 N–H and O–H groups in total. The number of aromatic nitrogens is 1. The summed E-state index contributed by atoms with van der Waals surface area (Å²) in [5, 5.41) is 11.8. The first-order chi connectivity index (χ1) is 9.49. The van der Waals surface area contributed by atoms with Crippen LogP contribution < -0.4 is 0 Å². The zero-order valence-electron chi connectivity index (χ0n) is 11.7. The number of hydrogen-bond acceptors (Lipinski definition) is 1. The van der Waals surface area contributed by atoms with Crippen molar-refractivity contribution in [3.05, 3.63) is 52.0 Å². The number of aromatic amines is 1. The molecule has 3 aromatic rings. The lowest BCUT2D eigenvalue weighted by atomic mass is 10.0. The summed E-state index contributed by atoms with van der Waals surface area (Å²) in [6, 6.07) is 9.90. The van der Waals surface area contributed by atoms with Crippen molar-refractivity contribution in [1.82, 2.24) is 4.98 Å². The fourth-order valence-electron chi connectivity index (χ4n) is 2.71. The van der Waals surface area contributed by atoms with Crippen LogP contribution in [-0.4, -0.2) is 10.1 Å². The Balaban J connectivity index is 2.30. The highest BCUT2D eigenvalue weighted by Crippen LogP contribution is 2.35. The number of phenolic OH excluding ortho intramolecular Hbond substituents is 1. The SMILES string of the molecule is Cc1cc(-c2[nH]c3c(Cl)cccc3c2C)cc(C)c1O. The molecule has 0 aliphatic carbocycles. The lowest BCUT2D eigenvalue weighted by Gasteiger charge is -2.07. The number of aromatic hydroxyl groups is 1. The number of hydrogen-bond donors (Lipinski definition) is 2. The van der Waals surface area contributed by atoms with Crippen LogP contribution in [0.1, 0.15) is 16.7 Å². The molecule has 0 unspecified atom stereocenters. The van der Waals surface area contributed by atoms with Gasteiger partial charge in [-0.1, -0.05) is 23.7 Å². The first-order valence-corrected chi connectivity index (χ1v) is 6.94. The molecule has 0 bridgehead atoms. The van der Waals surface area contributed by atoms with Gasteiger partial charge in [0.15, 0.2) is 0 Å². The molecule has 0 aliphatic heterocycles. The first-order valence-electron chi connectivity index (χ1n) is 6.56. The predicted octanol–water partition coefficient (Wildman–Crippen LogP) is 5.12. The molecule has 3 heteroatoms. The summed E-state index contributed by atoms with van der Waals surface area (Å²) in [6.45, 7) is 5.91. The number of H-pyrrole nitrogens is 1. The standard InChI is InChI=1S/C17H16ClNO/c1-9-7-12(8-10(2)17(9)20)15-11(3)13-5-4-6-14(18)16(13)19-15/h4-8,19-20H,1-3H3. The van der Waals surface area contributed by atoms with Crippen molar-refractivity contribution in [2.75, 3.05) is 0 Å². The van der Waals surface area contributed by atoms with Crippen LogP contribution in [-0.2, 0) is 0 Å². The Bertz CT molecular complexity index is 794. The Morgan fingerprint density at radius 2 is 1.70 bits per heavy atom. The molecule has 1 aromatic heterocycles. The monoisotopic (exact) mass is 285 g/mol. The van der Waals surface area contributed by atoms with Crippen molar-refractivity contribution in [2.24, 2.45) is 0 Å². The molecule has 2 nitrogen and oxygen atoms in total. The van der Waals surface area contributed by atoms with Gasteiger partial charge in [-0.2, -0.15) is 0 Å². The maximum Gasteiger partial charge on any atom is 0.121 e. The molecule has 0 atom stereocenters. The number of nitrogens with one attached hydrogen (secondary N) is 1. The smallest absolute Gasteiger partial charge is 0.121 e.